The van der Waals surface area contributed by atoms with Crippen LogP contribution in [0.3, 0.4) is 0 Å². The fraction of sp³-hybridized carbons (Fsp3) is 0.500. The summed E-state index contributed by atoms with van der Waals surface area (Å²) in [5, 5.41) is 11.4. The van der Waals surface area contributed by atoms with Crippen molar-refractivity contribution >= 4 is 5.91 Å². The highest BCUT2D eigenvalue weighted by Gasteiger charge is 2.38. The molecule has 168 valence electrons. The van der Waals surface area contributed by atoms with Crippen molar-refractivity contribution in [2.45, 2.75) is 46.3 Å². The van der Waals surface area contributed by atoms with Gasteiger partial charge in [0.15, 0.2) is 0 Å². The molecule has 31 heavy (non-hydrogen) atoms. The van der Waals surface area contributed by atoms with Crippen molar-refractivity contribution in [2.75, 3.05) is 27.4 Å². The van der Waals surface area contributed by atoms with Gasteiger partial charge in [0.1, 0.15) is 12.4 Å². The molecule has 2 aromatic rings. The molecule has 3 rings (SSSR count). The van der Waals surface area contributed by atoms with Gasteiger partial charge in [-0.05, 0) is 60.6 Å². The van der Waals surface area contributed by atoms with E-state index >= 15 is 0 Å². The van der Waals surface area contributed by atoms with Crippen LogP contribution in [0.25, 0.3) is 0 Å². The van der Waals surface area contributed by atoms with Crippen LogP contribution in [0.1, 0.15) is 47.3 Å². The number of nitrogens with zero attached hydrogens (tertiary/aromatic N) is 1. The van der Waals surface area contributed by atoms with Crippen molar-refractivity contribution in [2.24, 2.45) is 11.8 Å². The lowest BCUT2D eigenvalue weighted by Crippen LogP contribution is -2.38. The number of carbonyl (C=O) groups excluding carboxylic acids is 1. The zero-order chi connectivity index (χ0) is 22.5. The van der Waals surface area contributed by atoms with Gasteiger partial charge in [-0.3, -0.25) is 4.79 Å². The summed E-state index contributed by atoms with van der Waals surface area (Å²) in [6.07, 6.45) is 0.976. The number of fused-ring (bicyclic) bond motifs is 1. The van der Waals surface area contributed by atoms with Crippen LogP contribution in [0.15, 0.2) is 36.4 Å². The second kappa shape index (κ2) is 10.3. The first-order valence-electron chi connectivity index (χ1n) is 11.1. The Kier molecular flexibility index (Phi) is 7.74. The molecule has 5 nitrogen and oxygen atoms in total. The minimum absolute atomic E-state index is 0.0678. The molecular formula is C26H35NO4. The molecule has 2 aromatic carbocycles. The van der Waals surface area contributed by atoms with Gasteiger partial charge in [-0.15, -0.1) is 0 Å². The van der Waals surface area contributed by atoms with E-state index in [1.54, 1.807) is 12.0 Å². The quantitative estimate of drug-likeness (QED) is 0.644. The van der Waals surface area contributed by atoms with Gasteiger partial charge in [0.2, 0.25) is 5.91 Å². The van der Waals surface area contributed by atoms with Crippen LogP contribution < -0.4 is 4.74 Å². The number of aliphatic hydroxyl groups is 1. The fourth-order valence-electron chi connectivity index (χ4n) is 4.75. The number of aliphatic hydroxyl groups excluding tert-OH is 1. The molecule has 1 N–H and O–H groups in total. The molecule has 0 fully saturated rings. The number of hydrogen-bond acceptors (Lipinski definition) is 4. The van der Waals surface area contributed by atoms with Crippen LogP contribution in [0.5, 0.6) is 5.75 Å². The lowest BCUT2D eigenvalue weighted by atomic mass is 9.72. The van der Waals surface area contributed by atoms with Crippen LogP contribution in [0.2, 0.25) is 0 Å². The number of hydrogen-bond donors (Lipinski definition) is 1. The number of carbonyl (C=O) groups is 1. The molecule has 0 saturated heterocycles. The molecule has 3 atom stereocenters. The highest BCUT2D eigenvalue weighted by Crippen LogP contribution is 2.44. The molecule has 0 bridgehead atoms. The average molecular weight is 426 g/mol. The number of aryl methyl sites for hydroxylation is 1. The Hall–Kier alpha value is -2.37. The Balaban J connectivity index is 1.78. The van der Waals surface area contributed by atoms with E-state index in [-0.39, 0.29) is 17.7 Å². The van der Waals surface area contributed by atoms with Gasteiger partial charge >= 0.3 is 0 Å². The van der Waals surface area contributed by atoms with E-state index in [0.29, 0.717) is 19.8 Å². The Morgan fingerprint density at radius 3 is 2.61 bits per heavy atom. The summed E-state index contributed by atoms with van der Waals surface area (Å²) < 4.78 is 11.0. The third-order valence-electron chi connectivity index (χ3n) is 6.57. The highest BCUT2D eigenvalue weighted by molar-refractivity contribution is 5.78. The largest absolute Gasteiger partial charge is 0.491 e. The molecule has 0 radical (unpaired) electrons. The molecule has 0 heterocycles. The number of benzene rings is 2. The van der Waals surface area contributed by atoms with Crippen molar-refractivity contribution in [1.82, 2.24) is 4.90 Å². The zero-order valence-corrected chi connectivity index (χ0v) is 19.4. The SMILES string of the molecule is COCCOc1cc(C)c2c(c1C)C(O)C(C(C)C(=O)N(C)Cc1ccccc1)CC2. The topological polar surface area (TPSA) is 59.0 Å². The lowest BCUT2D eigenvalue weighted by molar-refractivity contribution is -0.138. The lowest BCUT2D eigenvalue weighted by Gasteiger charge is -2.37. The highest BCUT2D eigenvalue weighted by atomic mass is 16.5. The predicted octanol–water partition coefficient (Wildman–Crippen LogP) is 4.22. The smallest absolute Gasteiger partial charge is 0.225 e. The Morgan fingerprint density at radius 2 is 1.94 bits per heavy atom. The molecule has 1 aliphatic rings. The van der Waals surface area contributed by atoms with Gasteiger partial charge in [-0.1, -0.05) is 37.3 Å². The van der Waals surface area contributed by atoms with Crippen LogP contribution in [0.4, 0.5) is 0 Å². The van der Waals surface area contributed by atoms with E-state index in [4.69, 9.17) is 9.47 Å². The summed E-state index contributed by atoms with van der Waals surface area (Å²) in [6, 6.07) is 12.0. The summed E-state index contributed by atoms with van der Waals surface area (Å²) in [5.74, 6) is 0.464. The molecule has 5 heteroatoms. The molecule has 0 spiro atoms. The van der Waals surface area contributed by atoms with Crippen LogP contribution in [-0.4, -0.2) is 43.3 Å². The Bertz CT molecular complexity index is 896. The van der Waals surface area contributed by atoms with Crippen molar-refractivity contribution in [3.63, 3.8) is 0 Å². The third kappa shape index (κ3) is 5.10. The third-order valence-corrected chi connectivity index (χ3v) is 6.57. The van der Waals surface area contributed by atoms with Gasteiger partial charge in [-0.25, -0.2) is 0 Å². The molecule has 3 unspecified atom stereocenters. The van der Waals surface area contributed by atoms with E-state index < -0.39 is 6.10 Å². The Labute approximate surface area is 186 Å². The van der Waals surface area contributed by atoms with E-state index in [1.165, 1.54) is 5.56 Å². The zero-order valence-electron chi connectivity index (χ0n) is 19.4. The van der Waals surface area contributed by atoms with Crippen LogP contribution >= 0.6 is 0 Å². The first kappa shape index (κ1) is 23.3. The summed E-state index contributed by atoms with van der Waals surface area (Å²) in [5.41, 5.74) is 5.33. The van der Waals surface area contributed by atoms with Gasteiger partial charge < -0.3 is 19.5 Å². The van der Waals surface area contributed by atoms with Crippen LogP contribution in [-0.2, 0) is 22.5 Å². The minimum Gasteiger partial charge on any atom is -0.491 e. The van der Waals surface area contributed by atoms with Crippen LogP contribution in [0, 0.1) is 25.7 Å². The number of amides is 1. The molecule has 0 saturated carbocycles. The maximum Gasteiger partial charge on any atom is 0.225 e. The number of ether oxygens (including phenoxy) is 2. The second-order valence-corrected chi connectivity index (χ2v) is 8.67. The van der Waals surface area contributed by atoms with Gasteiger partial charge in [-0.2, -0.15) is 0 Å². The summed E-state index contributed by atoms with van der Waals surface area (Å²) in [4.78, 5) is 14.9. The first-order valence-corrected chi connectivity index (χ1v) is 11.1. The maximum atomic E-state index is 13.2. The predicted molar refractivity (Wildman–Crippen MR) is 122 cm³/mol. The number of methoxy groups -OCH3 is 1. The van der Waals surface area contributed by atoms with Crippen molar-refractivity contribution < 1.29 is 19.4 Å². The summed E-state index contributed by atoms with van der Waals surface area (Å²) in [6.45, 7) is 7.56. The maximum absolute atomic E-state index is 13.2. The van der Waals surface area contributed by atoms with Crippen molar-refractivity contribution in [3.05, 3.63) is 64.2 Å². The van der Waals surface area contributed by atoms with Crippen molar-refractivity contribution in [3.8, 4) is 5.75 Å². The molecule has 0 aromatic heterocycles. The van der Waals surface area contributed by atoms with Gasteiger partial charge in [0, 0.05) is 32.5 Å². The van der Waals surface area contributed by atoms with E-state index in [1.807, 2.05) is 51.2 Å². The molecule has 1 amide bonds. The van der Waals surface area contributed by atoms with Gasteiger partial charge in [0.05, 0.1) is 12.7 Å². The monoisotopic (exact) mass is 425 g/mol. The fourth-order valence-corrected chi connectivity index (χ4v) is 4.75. The van der Waals surface area contributed by atoms with Crippen molar-refractivity contribution in [1.29, 1.82) is 0 Å². The molecular weight excluding hydrogens is 390 g/mol. The minimum atomic E-state index is -0.683. The average Bonchev–Trinajstić information content (AvgIpc) is 2.76. The second-order valence-electron chi connectivity index (χ2n) is 8.67. The summed E-state index contributed by atoms with van der Waals surface area (Å²) in [7, 11) is 3.49. The number of rotatable bonds is 8. The van der Waals surface area contributed by atoms with E-state index in [0.717, 1.165) is 40.8 Å². The standard InChI is InChI=1S/C26H35NO4/c1-17-15-23(31-14-13-30-5)19(3)24-21(17)11-12-22(25(24)28)18(2)26(29)27(4)16-20-9-7-6-8-10-20/h6-10,15,18,22,25,28H,11-14,16H2,1-5H3. The van der Waals surface area contributed by atoms with E-state index in [2.05, 4.69) is 13.0 Å². The molecule has 0 aliphatic heterocycles. The first-order chi connectivity index (χ1) is 14.8. The molecule has 1 aliphatic carbocycles. The van der Waals surface area contributed by atoms with Gasteiger partial charge in [0.25, 0.3) is 0 Å². The van der Waals surface area contributed by atoms with E-state index in [9.17, 15) is 9.90 Å². The summed E-state index contributed by atoms with van der Waals surface area (Å²) >= 11 is 0. The Morgan fingerprint density at radius 1 is 1.23 bits per heavy atom. The normalized spacial score (nSPS) is 18.9.